The van der Waals surface area contributed by atoms with Gasteiger partial charge in [-0.1, -0.05) is 39.7 Å². The molecule has 0 N–H and O–H groups in total. The first-order valence-electron chi connectivity index (χ1n) is 8.94. The number of nitrogens with zero attached hydrogens (tertiary/aromatic N) is 2. The van der Waals surface area contributed by atoms with E-state index < -0.39 is 0 Å². The number of halogens is 2. The predicted octanol–water partition coefficient (Wildman–Crippen LogP) is 5.99. The van der Waals surface area contributed by atoms with Crippen molar-refractivity contribution < 1.29 is 9.53 Å². The van der Waals surface area contributed by atoms with Gasteiger partial charge >= 0.3 is 0 Å². The van der Waals surface area contributed by atoms with Crippen LogP contribution >= 0.6 is 39.3 Å². The summed E-state index contributed by atoms with van der Waals surface area (Å²) in [6, 6.07) is 13.3. The van der Waals surface area contributed by atoms with Crippen LogP contribution in [0.4, 0.5) is 0 Å². The van der Waals surface area contributed by atoms with Crippen molar-refractivity contribution in [2.75, 3.05) is 13.1 Å². The summed E-state index contributed by atoms with van der Waals surface area (Å²) in [6.45, 7) is 5.57. The van der Waals surface area contributed by atoms with Crippen LogP contribution < -0.4 is 4.74 Å². The second kappa shape index (κ2) is 9.63. The van der Waals surface area contributed by atoms with Crippen LogP contribution in [0.25, 0.3) is 6.08 Å². The van der Waals surface area contributed by atoms with Gasteiger partial charge in [0.25, 0.3) is 5.91 Å². The lowest BCUT2D eigenvalue weighted by atomic mass is 10.1. The summed E-state index contributed by atoms with van der Waals surface area (Å²) in [4.78, 5) is 19.5. The molecule has 2 aromatic carbocycles. The zero-order valence-electron chi connectivity index (χ0n) is 15.6. The largest absolute Gasteiger partial charge is 0.488 e. The van der Waals surface area contributed by atoms with E-state index in [1.807, 2.05) is 62.4 Å². The summed E-state index contributed by atoms with van der Waals surface area (Å²) < 4.78 is 6.94. The summed E-state index contributed by atoms with van der Waals surface area (Å²) in [5.74, 6) is 0.686. The van der Waals surface area contributed by atoms with Crippen molar-refractivity contribution in [2.24, 2.45) is 4.99 Å². The SMILES string of the molecule is CCN=C1S/C(=C/c2cc(Br)ccc2OCc2ccc(Cl)cc2)C(=O)N1CC. The summed E-state index contributed by atoms with van der Waals surface area (Å²) in [6.07, 6.45) is 1.87. The number of hydrogen-bond acceptors (Lipinski definition) is 4. The van der Waals surface area contributed by atoms with Gasteiger partial charge in [0.1, 0.15) is 12.4 Å². The Bertz CT molecular complexity index is 929. The number of amides is 1. The molecule has 4 nitrogen and oxygen atoms in total. The first-order valence-corrected chi connectivity index (χ1v) is 10.9. The minimum absolute atomic E-state index is 0.0247. The topological polar surface area (TPSA) is 41.9 Å². The van der Waals surface area contributed by atoms with Gasteiger partial charge in [-0.05, 0) is 67.6 Å². The number of benzene rings is 2. The molecule has 7 heteroatoms. The highest BCUT2D eigenvalue weighted by atomic mass is 79.9. The third kappa shape index (κ3) is 4.99. The molecular weight excluding hydrogens is 460 g/mol. The fourth-order valence-corrected chi connectivity index (χ4v) is 4.29. The molecule has 0 atom stereocenters. The molecule has 0 bridgehead atoms. The summed E-state index contributed by atoms with van der Waals surface area (Å²) in [5.41, 5.74) is 1.86. The fraction of sp³-hybridized carbons (Fsp3) is 0.238. The van der Waals surface area contributed by atoms with E-state index in [2.05, 4.69) is 20.9 Å². The highest BCUT2D eigenvalue weighted by Gasteiger charge is 2.32. The van der Waals surface area contributed by atoms with E-state index in [9.17, 15) is 4.79 Å². The van der Waals surface area contributed by atoms with Gasteiger partial charge in [-0.3, -0.25) is 14.7 Å². The number of amidine groups is 1. The maximum absolute atomic E-state index is 12.7. The minimum atomic E-state index is -0.0247. The molecule has 146 valence electrons. The van der Waals surface area contributed by atoms with E-state index in [4.69, 9.17) is 16.3 Å². The first kappa shape index (κ1) is 21.0. The molecule has 1 amide bonds. The molecule has 0 radical (unpaired) electrons. The lowest BCUT2D eigenvalue weighted by molar-refractivity contribution is -0.122. The van der Waals surface area contributed by atoms with Gasteiger partial charge in [0.15, 0.2) is 5.17 Å². The number of ether oxygens (including phenoxy) is 1. The van der Waals surface area contributed by atoms with E-state index >= 15 is 0 Å². The van der Waals surface area contributed by atoms with E-state index in [0.717, 1.165) is 20.8 Å². The van der Waals surface area contributed by atoms with Gasteiger partial charge in [-0.15, -0.1) is 0 Å². The Morgan fingerprint density at radius 3 is 2.64 bits per heavy atom. The summed E-state index contributed by atoms with van der Waals surface area (Å²) >= 11 is 10.8. The molecule has 1 aliphatic rings. The molecule has 3 rings (SSSR count). The maximum Gasteiger partial charge on any atom is 0.266 e. The Kier molecular flexibility index (Phi) is 7.21. The zero-order valence-corrected chi connectivity index (χ0v) is 18.8. The van der Waals surface area contributed by atoms with Crippen molar-refractivity contribution in [2.45, 2.75) is 20.5 Å². The van der Waals surface area contributed by atoms with Crippen molar-refractivity contribution in [1.82, 2.24) is 4.90 Å². The average molecular weight is 480 g/mol. The third-order valence-corrected chi connectivity index (χ3v) is 5.85. The molecule has 0 aliphatic carbocycles. The van der Waals surface area contributed by atoms with Crippen molar-refractivity contribution >= 4 is 56.4 Å². The fourth-order valence-electron chi connectivity index (χ4n) is 2.69. The molecular formula is C21H20BrClN2O2S. The Hall–Kier alpha value is -1.76. The molecule has 0 spiro atoms. The van der Waals surface area contributed by atoms with Crippen LogP contribution in [0.2, 0.25) is 5.02 Å². The number of carbonyl (C=O) groups excluding carboxylic acids is 1. The van der Waals surface area contributed by atoms with Crippen molar-refractivity contribution in [3.63, 3.8) is 0 Å². The van der Waals surface area contributed by atoms with Gasteiger partial charge in [0.2, 0.25) is 0 Å². The summed E-state index contributed by atoms with van der Waals surface area (Å²) in [7, 11) is 0. The van der Waals surface area contributed by atoms with Crippen LogP contribution in [-0.2, 0) is 11.4 Å². The van der Waals surface area contributed by atoms with Crippen LogP contribution in [0.15, 0.2) is 56.8 Å². The molecule has 1 aliphatic heterocycles. The van der Waals surface area contributed by atoms with Gasteiger partial charge < -0.3 is 4.74 Å². The van der Waals surface area contributed by atoms with Crippen molar-refractivity contribution in [3.8, 4) is 5.75 Å². The minimum Gasteiger partial charge on any atom is -0.488 e. The van der Waals surface area contributed by atoms with Gasteiger partial charge in [0.05, 0.1) is 4.91 Å². The molecule has 1 heterocycles. The van der Waals surface area contributed by atoms with Crippen LogP contribution in [0.3, 0.4) is 0 Å². The quantitative estimate of drug-likeness (QED) is 0.478. The van der Waals surface area contributed by atoms with Crippen LogP contribution in [0.1, 0.15) is 25.0 Å². The molecule has 28 heavy (non-hydrogen) atoms. The first-order chi connectivity index (χ1) is 13.5. The van der Waals surface area contributed by atoms with E-state index in [1.54, 1.807) is 4.90 Å². The third-order valence-electron chi connectivity index (χ3n) is 4.06. The lowest BCUT2D eigenvalue weighted by Crippen LogP contribution is -2.28. The van der Waals surface area contributed by atoms with Crippen LogP contribution in [0, 0.1) is 0 Å². The van der Waals surface area contributed by atoms with Gasteiger partial charge in [0, 0.05) is 28.1 Å². The Morgan fingerprint density at radius 2 is 1.96 bits per heavy atom. The second-order valence-corrected chi connectivity index (χ2v) is 8.38. The number of thioether (sulfide) groups is 1. The molecule has 2 aromatic rings. The van der Waals surface area contributed by atoms with E-state index in [0.29, 0.717) is 35.4 Å². The zero-order chi connectivity index (χ0) is 20.1. The lowest BCUT2D eigenvalue weighted by Gasteiger charge is -2.12. The normalized spacial score (nSPS) is 17.0. The second-order valence-electron chi connectivity index (χ2n) is 6.01. The summed E-state index contributed by atoms with van der Waals surface area (Å²) in [5, 5.41) is 1.44. The van der Waals surface area contributed by atoms with E-state index in [1.165, 1.54) is 11.8 Å². The van der Waals surface area contributed by atoms with Gasteiger partial charge in [-0.2, -0.15) is 0 Å². The number of likely N-dealkylation sites (N-methyl/N-ethyl adjacent to an activating group) is 1. The monoisotopic (exact) mass is 478 g/mol. The Balaban J connectivity index is 1.86. The van der Waals surface area contributed by atoms with E-state index in [-0.39, 0.29) is 5.91 Å². The van der Waals surface area contributed by atoms with Crippen LogP contribution in [-0.4, -0.2) is 29.1 Å². The molecule has 0 aromatic heterocycles. The smallest absolute Gasteiger partial charge is 0.266 e. The number of hydrogen-bond donors (Lipinski definition) is 0. The highest BCUT2D eigenvalue weighted by Crippen LogP contribution is 2.35. The molecule has 0 unspecified atom stereocenters. The Labute approximate surface area is 182 Å². The van der Waals surface area contributed by atoms with Crippen LogP contribution in [0.5, 0.6) is 5.75 Å². The number of aliphatic imine (C=N–C) groups is 1. The molecule has 0 saturated carbocycles. The predicted molar refractivity (Wildman–Crippen MR) is 121 cm³/mol. The average Bonchev–Trinajstić information content (AvgIpc) is 2.97. The maximum atomic E-state index is 12.7. The van der Waals surface area contributed by atoms with Crippen molar-refractivity contribution in [3.05, 3.63) is 68.0 Å². The standard InChI is InChI=1S/C21H20BrClN2O2S/c1-3-24-21-25(4-2)20(26)19(28-21)12-15-11-16(22)7-10-18(15)27-13-14-5-8-17(23)9-6-14/h5-12H,3-4,13H2,1-2H3/b19-12+,24-21?. The molecule has 1 saturated heterocycles. The highest BCUT2D eigenvalue weighted by molar-refractivity contribution is 9.10. The number of rotatable bonds is 6. The van der Waals surface area contributed by atoms with Crippen molar-refractivity contribution in [1.29, 1.82) is 0 Å². The molecule has 1 fully saturated rings. The number of carbonyl (C=O) groups is 1. The Morgan fingerprint density at radius 1 is 1.21 bits per heavy atom. The van der Waals surface area contributed by atoms with Gasteiger partial charge in [-0.25, -0.2) is 0 Å².